The van der Waals surface area contributed by atoms with Gasteiger partial charge in [-0.1, -0.05) is 86.6 Å². The molecular weight excluding hydrogens is 652 g/mol. The molecule has 0 heterocycles. The second-order valence-electron chi connectivity index (χ2n) is 13.3. The van der Waals surface area contributed by atoms with E-state index in [9.17, 15) is 19.8 Å². The summed E-state index contributed by atoms with van der Waals surface area (Å²) in [5, 5.41) is 24.3. The van der Waals surface area contributed by atoms with Crippen molar-refractivity contribution in [1.82, 2.24) is 9.80 Å². The number of hydrogen-bond donors (Lipinski definition) is 2. The van der Waals surface area contributed by atoms with Crippen molar-refractivity contribution >= 4 is 11.8 Å². The highest BCUT2D eigenvalue weighted by atomic mass is 16.5. The Morgan fingerprint density at radius 3 is 1.29 bits per heavy atom. The minimum atomic E-state index is -0.939. The van der Waals surface area contributed by atoms with E-state index in [2.05, 4.69) is 6.92 Å². The summed E-state index contributed by atoms with van der Waals surface area (Å²) in [4.78, 5) is 33.0. The van der Waals surface area contributed by atoms with Gasteiger partial charge in [0, 0.05) is 61.3 Å². The van der Waals surface area contributed by atoms with Crippen LogP contribution in [0.2, 0.25) is 0 Å². The third kappa shape index (κ3) is 7.62. The number of ether oxygens (including phenoxy) is 2. The molecule has 0 radical (unpaired) electrons. The van der Waals surface area contributed by atoms with E-state index < -0.39 is 11.8 Å². The quantitative estimate of drug-likeness (QED) is 0.154. The Labute approximate surface area is 309 Å². The molecule has 0 unspecified atom stereocenters. The molecule has 5 rings (SSSR count). The number of phenols is 2. The lowest BCUT2D eigenvalue weighted by atomic mass is 9.81. The molecule has 0 fully saturated rings. The van der Waals surface area contributed by atoms with Crippen molar-refractivity contribution in [3.05, 3.63) is 117 Å². The van der Waals surface area contributed by atoms with Crippen LogP contribution in [0.15, 0.2) is 72.8 Å². The molecule has 0 aliphatic heterocycles. The van der Waals surface area contributed by atoms with Gasteiger partial charge in [0.2, 0.25) is 11.8 Å². The van der Waals surface area contributed by atoms with E-state index in [4.69, 9.17) is 9.47 Å². The summed E-state index contributed by atoms with van der Waals surface area (Å²) in [5.41, 5.74) is 5.13. The fourth-order valence-electron chi connectivity index (χ4n) is 7.39. The Bertz CT molecular complexity index is 1740. The first kappa shape index (κ1) is 38.3. The Hall–Kier alpha value is -4.98. The summed E-state index contributed by atoms with van der Waals surface area (Å²) in [7, 11) is 0. The lowest BCUT2D eigenvalue weighted by molar-refractivity contribution is -0.132. The lowest BCUT2D eigenvalue weighted by Crippen LogP contribution is -2.36. The molecule has 2 amide bonds. The predicted octanol–water partition coefficient (Wildman–Crippen LogP) is 8.17. The minimum absolute atomic E-state index is 0.0393. The molecule has 2 atom stereocenters. The maximum absolute atomic E-state index is 14.7. The second-order valence-corrected chi connectivity index (χ2v) is 13.3. The van der Waals surface area contributed by atoms with Crippen molar-refractivity contribution < 1.29 is 29.3 Å². The van der Waals surface area contributed by atoms with Gasteiger partial charge in [-0.05, 0) is 62.8 Å². The third-order valence-electron chi connectivity index (χ3n) is 10.1. The average Bonchev–Trinajstić information content (AvgIpc) is 3.14. The molecule has 0 saturated carbocycles. The van der Waals surface area contributed by atoms with Crippen molar-refractivity contribution in [2.75, 3.05) is 39.4 Å². The number of aromatic hydroxyl groups is 2. The van der Waals surface area contributed by atoms with Crippen molar-refractivity contribution in [1.29, 1.82) is 0 Å². The standard InChI is InChI=1S/C44H54N2O6/c1-7-25-51-41-31-19-13-20-32(41)28-30-18-15-22-34(40(30)48)38(44(50)46(11-5)12-6)36-24-16-23-35(42(36)52-26-8-2)37(43(49)45(9-3)10-4)33-21-14-17-29(27-31)39(33)47/h13-24,37-38,47-48H,7-12,25-28H2,1-6H3/t37-,38-/m1/s1. The van der Waals surface area contributed by atoms with Crippen LogP contribution >= 0.6 is 0 Å². The number of amides is 2. The van der Waals surface area contributed by atoms with Crippen LogP contribution in [0.3, 0.4) is 0 Å². The normalized spacial score (nSPS) is 15.1. The van der Waals surface area contributed by atoms with Crippen LogP contribution in [0.1, 0.15) is 111 Å². The van der Waals surface area contributed by atoms with Crippen molar-refractivity contribution in [2.24, 2.45) is 0 Å². The number of carbonyl (C=O) groups excluding carboxylic acids is 2. The first-order valence-electron chi connectivity index (χ1n) is 18.9. The van der Waals surface area contributed by atoms with Gasteiger partial charge >= 0.3 is 0 Å². The molecule has 52 heavy (non-hydrogen) atoms. The van der Waals surface area contributed by atoms with Crippen LogP contribution < -0.4 is 9.47 Å². The number of phenolic OH excluding ortho intramolecular Hbond substituents is 2. The van der Waals surface area contributed by atoms with Gasteiger partial charge in [-0.25, -0.2) is 0 Å². The molecule has 4 aromatic carbocycles. The summed E-state index contributed by atoms with van der Waals surface area (Å²) in [6.07, 6.45) is 2.23. The van der Waals surface area contributed by atoms with E-state index in [1.54, 1.807) is 9.80 Å². The van der Waals surface area contributed by atoms with Gasteiger partial charge < -0.3 is 29.5 Å². The molecular formula is C44H54N2O6. The zero-order valence-electron chi connectivity index (χ0n) is 31.6. The average molecular weight is 707 g/mol. The van der Waals surface area contributed by atoms with Crippen molar-refractivity contribution in [3.63, 3.8) is 0 Å². The van der Waals surface area contributed by atoms with Gasteiger partial charge in [-0.15, -0.1) is 0 Å². The summed E-state index contributed by atoms with van der Waals surface area (Å²) in [6, 6.07) is 22.7. The number of fused-ring (bicyclic) bond motifs is 8. The number of carbonyl (C=O) groups is 2. The van der Waals surface area contributed by atoms with Crippen LogP contribution in [0.25, 0.3) is 0 Å². The summed E-state index contributed by atoms with van der Waals surface area (Å²) >= 11 is 0. The Kier molecular flexibility index (Phi) is 12.9. The van der Waals surface area contributed by atoms with E-state index in [0.717, 1.165) is 17.5 Å². The van der Waals surface area contributed by atoms with E-state index in [0.29, 0.717) is 104 Å². The van der Waals surface area contributed by atoms with E-state index in [-0.39, 0.29) is 23.3 Å². The largest absolute Gasteiger partial charge is 0.507 e. The lowest BCUT2D eigenvalue weighted by Gasteiger charge is -2.31. The molecule has 8 heteroatoms. The SMILES string of the molecule is CCCOc1c2cccc1Cc1cccc(c1O)[C@@H](C(=O)N(CC)CC)c1cccc(c1OCCC)[C@H](C(=O)N(CC)CC)c1cccc(c1O)C2. The molecule has 4 aromatic rings. The van der Waals surface area contributed by atoms with Crippen molar-refractivity contribution in [3.8, 4) is 23.0 Å². The van der Waals surface area contributed by atoms with Crippen LogP contribution in [-0.2, 0) is 22.4 Å². The smallest absolute Gasteiger partial charge is 0.234 e. The third-order valence-corrected chi connectivity index (χ3v) is 10.1. The van der Waals surface area contributed by atoms with Gasteiger partial charge in [-0.3, -0.25) is 9.59 Å². The highest BCUT2D eigenvalue weighted by molar-refractivity contribution is 5.92. The molecule has 276 valence electrons. The molecule has 8 nitrogen and oxygen atoms in total. The number of benzene rings is 4. The summed E-state index contributed by atoms with van der Waals surface area (Å²) in [6.45, 7) is 14.6. The second kappa shape index (κ2) is 17.5. The molecule has 1 aliphatic carbocycles. The number of nitrogens with zero attached hydrogens (tertiary/aromatic N) is 2. The van der Waals surface area contributed by atoms with Gasteiger partial charge in [0.05, 0.1) is 25.0 Å². The molecule has 0 saturated heterocycles. The van der Waals surface area contributed by atoms with E-state index in [1.165, 1.54) is 0 Å². The molecule has 8 bridgehead atoms. The van der Waals surface area contributed by atoms with Crippen molar-refractivity contribution in [2.45, 2.75) is 79.1 Å². The number of para-hydroxylation sites is 4. The van der Waals surface area contributed by atoms with E-state index >= 15 is 0 Å². The Balaban J connectivity index is 1.93. The Morgan fingerprint density at radius 1 is 0.538 bits per heavy atom. The van der Waals surface area contributed by atoms with Gasteiger partial charge in [0.25, 0.3) is 0 Å². The predicted molar refractivity (Wildman–Crippen MR) is 206 cm³/mol. The zero-order chi connectivity index (χ0) is 37.4. The first-order chi connectivity index (χ1) is 25.2. The van der Waals surface area contributed by atoms with Crippen LogP contribution in [0.4, 0.5) is 0 Å². The first-order valence-corrected chi connectivity index (χ1v) is 18.9. The molecule has 2 N–H and O–H groups in total. The number of likely N-dealkylation sites (N-methyl/N-ethyl adjacent to an activating group) is 2. The van der Waals surface area contributed by atoms with Gasteiger partial charge in [-0.2, -0.15) is 0 Å². The van der Waals surface area contributed by atoms with Gasteiger partial charge in [0.1, 0.15) is 23.0 Å². The molecule has 0 spiro atoms. The molecule has 1 aliphatic rings. The molecule has 0 aromatic heterocycles. The maximum Gasteiger partial charge on any atom is 0.234 e. The number of hydrogen-bond acceptors (Lipinski definition) is 6. The van der Waals surface area contributed by atoms with E-state index in [1.807, 2.05) is 107 Å². The fourth-order valence-corrected chi connectivity index (χ4v) is 7.39. The summed E-state index contributed by atoms with van der Waals surface area (Å²) in [5.74, 6) is -1.03. The van der Waals surface area contributed by atoms with Crippen LogP contribution in [0.5, 0.6) is 23.0 Å². The Morgan fingerprint density at radius 2 is 0.885 bits per heavy atom. The number of rotatable bonds is 12. The van der Waals surface area contributed by atoms with Gasteiger partial charge in [0.15, 0.2) is 0 Å². The zero-order valence-corrected chi connectivity index (χ0v) is 31.6. The fraction of sp³-hybridized carbons (Fsp3) is 0.409. The maximum atomic E-state index is 14.7. The topological polar surface area (TPSA) is 99.5 Å². The highest BCUT2D eigenvalue weighted by Crippen LogP contribution is 2.46. The van der Waals surface area contributed by atoms with Crippen LogP contribution in [-0.4, -0.2) is 71.2 Å². The van der Waals surface area contributed by atoms with Crippen LogP contribution in [0, 0.1) is 0 Å². The summed E-state index contributed by atoms with van der Waals surface area (Å²) < 4.78 is 13.0. The minimum Gasteiger partial charge on any atom is -0.507 e. The monoisotopic (exact) mass is 706 g/mol. The highest BCUT2D eigenvalue weighted by Gasteiger charge is 2.37.